The zero-order valence-electron chi connectivity index (χ0n) is 18.1. The van der Waals surface area contributed by atoms with Crippen LogP contribution in [-0.4, -0.2) is 35.4 Å². The molecule has 0 saturated heterocycles. The normalized spacial score (nSPS) is 15.3. The van der Waals surface area contributed by atoms with Gasteiger partial charge in [0.25, 0.3) is 0 Å². The van der Waals surface area contributed by atoms with Crippen molar-refractivity contribution in [2.75, 3.05) is 19.0 Å². The summed E-state index contributed by atoms with van der Waals surface area (Å²) >= 11 is 0. The highest BCUT2D eigenvalue weighted by molar-refractivity contribution is 5.96. The van der Waals surface area contributed by atoms with Gasteiger partial charge in [0.2, 0.25) is 11.8 Å². The van der Waals surface area contributed by atoms with Crippen LogP contribution in [0.4, 0.5) is 5.82 Å². The minimum absolute atomic E-state index is 0.139. The third-order valence-corrected chi connectivity index (χ3v) is 5.43. The second kappa shape index (κ2) is 7.91. The molecule has 7 heteroatoms. The summed E-state index contributed by atoms with van der Waals surface area (Å²) in [5, 5.41) is 3.84. The summed E-state index contributed by atoms with van der Waals surface area (Å²) in [6, 6.07) is 9.59. The van der Waals surface area contributed by atoms with Crippen molar-refractivity contribution in [3.63, 3.8) is 0 Å². The lowest BCUT2D eigenvalue weighted by atomic mass is 9.94. The monoisotopic (exact) mass is 419 g/mol. The van der Waals surface area contributed by atoms with Crippen LogP contribution in [0.1, 0.15) is 30.7 Å². The van der Waals surface area contributed by atoms with Crippen LogP contribution in [0.15, 0.2) is 47.0 Å². The van der Waals surface area contributed by atoms with E-state index in [4.69, 9.17) is 9.15 Å². The number of carbonyl (C=O) groups is 2. The van der Waals surface area contributed by atoms with Gasteiger partial charge in [-0.2, -0.15) is 0 Å². The number of aromatic nitrogens is 1. The van der Waals surface area contributed by atoms with Gasteiger partial charge in [0.1, 0.15) is 18.0 Å². The number of furan rings is 1. The lowest BCUT2D eigenvalue weighted by Gasteiger charge is -2.18. The van der Waals surface area contributed by atoms with Crippen LogP contribution in [0.2, 0.25) is 0 Å². The number of hydrogen-bond donors (Lipinski definition) is 1. The van der Waals surface area contributed by atoms with Crippen molar-refractivity contribution in [3.05, 3.63) is 59.5 Å². The van der Waals surface area contributed by atoms with Crippen molar-refractivity contribution < 1.29 is 18.7 Å². The number of benzene rings is 1. The molecule has 2 aromatic heterocycles. The Balaban J connectivity index is 1.46. The van der Waals surface area contributed by atoms with Crippen LogP contribution in [0.5, 0.6) is 5.75 Å². The molecule has 0 fully saturated rings. The first-order chi connectivity index (χ1) is 14.7. The van der Waals surface area contributed by atoms with Gasteiger partial charge in [-0.15, -0.1) is 0 Å². The summed E-state index contributed by atoms with van der Waals surface area (Å²) in [5.41, 5.74) is 1.91. The van der Waals surface area contributed by atoms with Gasteiger partial charge in [-0.3, -0.25) is 9.59 Å². The number of carbonyl (C=O) groups excluding carboxylic acids is 2. The zero-order valence-corrected chi connectivity index (χ0v) is 18.1. The maximum atomic E-state index is 12.6. The largest absolute Gasteiger partial charge is 0.489 e. The first-order valence-corrected chi connectivity index (χ1v) is 10.1. The van der Waals surface area contributed by atoms with Gasteiger partial charge in [-0.25, -0.2) is 4.98 Å². The molecule has 1 N–H and O–H groups in total. The second-order valence-electron chi connectivity index (χ2n) is 8.42. The molecule has 3 heterocycles. The Morgan fingerprint density at radius 3 is 2.87 bits per heavy atom. The van der Waals surface area contributed by atoms with Gasteiger partial charge < -0.3 is 19.4 Å². The molecule has 0 bridgehead atoms. The number of nitrogens with zero attached hydrogens (tertiary/aromatic N) is 2. The van der Waals surface area contributed by atoms with Gasteiger partial charge in [-0.1, -0.05) is 18.2 Å². The molecular formula is C24H25N3O4. The quantitative estimate of drug-likeness (QED) is 0.642. The summed E-state index contributed by atoms with van der Waals surface area (Å²) in [4.78, 5) is 30.7. The summed E-state index contributed by atoms with van der Waals surface area (Å²) in [6.07, 6.45) is 4.76. The minimum atomic E-state index is -0.649. The van der Waals surface area contributed by atoms with Crippen LogP contribution in [0.3, 0.4) is 0 Å². The molecular weight excluding hydrogens is 394 g/mol. The average Bonchev–Trinajstić information content (AvgIpc) is 3.00. The van der Waals surface area contributed by atoms with Crippen molar-refractivity contribution in [3.8, 4) is 5.75 Å². The smallest absolute Gasteiger partial charge is 0.246 e. The van der Waals surface area contributed by atoms with E-state index < -0.39 is 5.41 Å². The van der Waals surface area contributed by atoms with Gasteiger partial charge in [-0.05, 0) is 44.5 Å². The van der Waals surface area contributed by atoms with E-state index in [0.717, 1.165) is 22.3 Å². The maximum absolute atomic E-state index is 12.6. The number of nitrogens with one attached hydrogen (secondary N) is 1. The molecule has 31 heavy (non-hydrogen) atoms. The highest BCUT2D eigenvalue weighted by Crippen LogP contribution is 2.31. The average molecular weight is 419 g/mol. The van der Waals surface area contributed by atoms with E-state index in [-0.39, 0.29) is 18.4 Å². The highest BCUT2D eigenvalue weighted by atomic mass is 16.5. The van der Waals surface area contributed by atoms with E-state index in [1.54, 1.807) is 30.3 Å². The fraction of sp³-hybridized carbons (Fsp3) is 0.292. The Morgan fingerprint density at radius 1 is 1.32 bits per heavy atom. The van der Waals surface area contributed by atoms with Crippen molar-refractivity contribution in [2.45, 2.75) is 27.3 Å². The van der Waals surface area contributed by atoms with Crippen molar-refractivity contribution in [1.82, 2.24) is 9.88 Å². The van der Waals surface area contributed by atoms with Crippen LogP contribution in [-0.2, 0) is 16.1 Å². The first kappa shape index (κ1) is 20.7. The molecule has 0 aliphatic carbocycles. The van der Waals surface area contributed by atoms with Gasteiger partial charge >= 0.3 is 0 Å². The Kier molecular flexibility index (Phi) is 5.27. The Labute approximate surface area is 180 Å². The predicted octanol–water partition coefficient (Wildman–Crippen LogP) is 4.17. The number of amides is 2. The first-order valence-electron chi connectivity index (χ1n) is 10.1. The molecule has 4 rings (SSSR count). The Bertz CT molecular complexity index is 1190. The summed E-state index contributed by atoms with van der Waals surface area (Å²) < 4.78 is 11.7. The standard InChI is InChI=1S/C24H25N3O4/c1-15-17-7-5-6-8-18(17)31-20(15)13-27(4)21(28)10-9-16-11-19-22(25-12-16)26-23(29)24(2,3)14-30-19/h5-12H,13-14H2,1-4H3,(H,25,26,29)/b10-9+. The molecule has 7 nitrogen and oxygen atoms in total. The molecule has 3 aromatic rings. The fourth-order valence-corrected chi connectivity index (χ4v) is 3.32. The third kappa shape index (κ3) is 4.17. The summed E-state index contributed by atoms with van der Waals surface area (Å²) in [7, 11) is 1.73. The number of likely N-dealkylation sites (N-methyl/N-ethyl adjacent to an activating group) is 1. The van der Waals surface area contributed by atoms with Crippen molar-refractivity contribution >= 4 is 34.7 Å². The number of anilines is 1. The predicted molar refractivity (Wildman–Crippen MR) is 119 cm³/mol. The minimum Gasteiger partial charge on any atom is -0.489 e. The SMILES string of the molecule is Cc1c(CN(C)C(=O)/C=C/c2cnc3c(c2)OCC(C)(C)C(=O)N3)oc2ccccc12. The van der Waals surface area contributed by atoms with Gasteiger partial charge in [0.15, 0.2) is 11.6 Å². The lowest BCUT2D eigenvalue weighted by Crippen LogP contribution is -2.33. The molecule has 1 aliphatic rings. The Morgan fingerprint density at radius 2 is 2.10 bits per heavy atom. The molecule has 0 unspecified atom stereocenters. The van der Waals surface area contributed by atoms with E-state index in [9.17, 15) is 9.59 Å². The Hall–Kier alpha value is -3.61. The number of para-hydroxylation sites is 1. The third-order valence-electron chi connectivity index (χ3n) is 5.43. The molecule has 2 amide bonds. The second-order valence-corrected chi connectivity index (χ2v) is 8.42. The van der Waals surface area contributed by atoms with E-state index in [1.165, 1.54) is 6.08 Å². The van der Waals surface area contributed by atoms with Gasteiger partial charge in [0, 0.05) is 30.3 Å². The van der Waals surface area contributed by atoms with E-state index >= 15 is 0 Å². The van der Waals surface area contributed by atoms with Crippen LogP contribution in [0, 0.1) is 12.3 Å². The fourth-order valence-electron chi connectivity index (χ4n) is 3.32. The van der Waals surface area contributed by atoms with E-state index in [2.05, 4.69) is 10.3 Å². The highest BCUT2D eigenvalue weighted by Gasteiger charge is 2.32. The number of hydrogen-bond acceptors (Lipinski definition) is 5. The van der Waals surface area contributed by atoms with Crippen molar-refractivity contribution in [2.24, 2.45) is 5.41 Å². The molecule has 0 spiro atoms. The number of rotatable bonds is 4. The van der Waals surface area contributed by atoms with Gasteiger partial charge in [0.05, 0.1) is 12.0 Å². The summed E-state index contributed by atoms with van der Waals surface area (Å²) in [5.74, 6) is 1.34. The number of aryl methyl sites for hydroxylation is 1. The number of pyridine rings is 1. The number of fused-ring (bicyclic) bond motifs is 2. The number of ether oxygens (including phenoxy) is 1. The zero-order chi connectivity index (χ0) is 22.2. The molecule has 160 valence electrons. The van der Waals surface area contributed by atoms with Crippen LogP contribution < -0.4 is 10.1 Å². The van der Waals surface area contributed by atoms with E-state index in [1.807, 2.05) is 45.0 Å². The lowest BCUT2D eigenvalue weighted by molar-refractivity contribution is -0.126. The molecule has 0 saturated carbocycles. The topological polar surface area (TPSA) is 84.7 Å². The molecule has 1 aliphatic heterocycles. The van der Waals surface area contributed by atoms with Crippen LogP contribution >= 0.6 is 0 Å². The molecule has 0 atom stereocenters. The van der Waals surface area contributed by atoms with Crippen molar-refractivity contribution in [1.29, 1.82) is 0 Å². The maximum Gasteiger partial charge on any atom is 0.246 e. The summed E-state index contributed by atoms with van der Waals surface area (Å²) in [6.45, 7) is 6.24. The van der Waals surface area contributed by atoms with E-state index in [0.29, 0.717) is 23.7 Å². The molecule has 0 radical (unpaired) electrons. The van der Waals surface area contributed by atoms with Crippen LogP contribution in [0.25, 0.3) is 17.0 Å². The molecule has 1 aromatic carbocycles.